The van der Waals surface area contributed by atoms with Gasteiger partial charge in [-0.25, -0.2) is 0 Å². The average molecular weight is 353 g/mol. The second-order valence-electron chi connectivity index (χ2n) is 8.06. The minimum atomic E-state index is -0.186. The smallest absolute Gasteiger partial charge is 0.255 e. The van der Waals surface area contributed by atoms with E-state index in [0.717, 1.165) is 25.4 Å². The zero-order valence-electron chi connectivity index (χ0n) is 15.7. The average Bonchev–Trinajstić information content (AvgIpc) is 2.54. The number of hydrogen-bond donors (Lipinski definition) is 2. The molecule has 1 heterocycles. The third-order valence-corrected chi connectivity index (χ3v) is 4.25. The Hall–Kier alpha value is -2.53. The van der Waals surface area contributed by atoms with Crippen LogP contribution in [0.1, 0.15) is 31.1 Å². The minimum absolute atomic E-state index is 0.186. The van der Waals surface area contributed by atoms with Gasteiger partial charge in [-0.2, -0.15) is 0 Å². The van der Waals surface area contributed by atoms with Gasteiger partial charge in [-0.3, -0.25) is 9.69 Å². The number of amides is 1. The van der Waals surface area contributed by atoms with Gasteiger partial charge >= 0.3 is 0 Å². The van der Waals surface area contributed by atoms with E-state index in [-0.39, 0.29) is 12.0 Å². The van der Waals surface area contributed by atoms with E-state index in [0.29, 0.717) is 22.4 Å². The lowest BCUT2D eigenvalue weighted by atomic mass is 9.94. The van der Waals surface area contributed by atoms with E-state index in [1.54, 1.807) is 24.3 Å². The maximum Gasteiger partial charge on any atom is 0.255 e. The van der Waals surface area contributed by atoms with Crippen molar-refractivity contribution < 1.29 is 9.53 Å². The molecule has 3 N–H and O–H groups in total. The van der Waals surface area contributed by atoms with Gasteiger partial charge in [0.2, 0.25) is 0 Å². The molecule has 0 spiro atoms. The van der Waals surface area contributed by atoms with E-state index < -0.39 is 0 Å². The first-order chi connectivity index (χ1) is 12.3. The van der Waals surface area contributed by atoms with E-state index in [1.165, 1.54) is 0 Å². The molecule has 2 aromatic rings. The first-order valence-electron chi connectivity index (χ1n) is 8.95. The summed E-state index contributed by atoms with van der Waals surface area (Å²) in [6, 6.07) is 14.4. The molecule has 0 aliphatic carbocycles. The summed E-state index contributed by atoms with van der Waals surface area (Å²) in [5, 5.41) is 2.83. The number of benzene rings is 2. The molecule has 0 atom stereocenters. The number of nitrogens with one attached hydrogen (secondary N) is 1. The summed E-state index contributed by atoms with van der Waals surface area (Å²) in [7, 11) is 0. The van der Waals surface area contributed by atoms with Crippen LogP contribution in [0.25, 0.3) is 0 Å². The van der Waals surface area contributed by atoms with Crippen LogP contribution in [0.4, 0.5) is 11.4 Å². The highest BCUT2D eigenvalue weighted by Gasteiger charge is 2.31. The number of para-hydroxylation sites is 2. The van der Waals surface area contributed by atoms with Crippen LogP contribution in [-0.4, -0.2) is 36.5 Å². The predicted octanol–water partition coefficient (Wildman–Crippen LogP) is 3.63. The Balaban J connectivity index is 1.51. The second-order valence-corrected chi connectivity index (χ2v) is 8.06. The standard InChI is InChI=1S/C21H27N3O2/c1-21(2,3)14-24-12-17(13-24)26-16-10-8-15(9-11-16)20(25)23-19-7-5-4-6-18(19)22/h4-11,17H,12-14,22H2,1-3H3,(H,23,25). The van der Waals surface area contributed by atoms with Gasteiger partial charge in [-0.05, 0) is 41.8 Å². The number of carbonyl (C=O) groups is 1. The number of ether oxygens (including phenoxy) is 1. The fourth-order valence-electron chi connectivity index (χ4n) is 3.08. The summed E-state index contributed by atoms with van der Waals surface area (Å²) < 4.78 is 5.97. The van der Waals surface area contributed by atoms with Gasteiger partial charge < -0.3 is 15.8 Å². The molecular formula is C21H27N3O2. The summed E-state index contributed by atoms with van der Waals surface area (Å²) >= 11 is 0. The van der Waals surface area contributed by atoms with Crippen molar-refractivity contribution in [2.75, 3.05) is 30.7 Å². The minimum Gasteiger partial charge on any atom is -0.488 e. The van der Waals surface area contributed by atoms with Crippen molar-refractivity contribution in [1.82, 2.24) is 4.90 Å². The van der Waals surface area contributed by atoms with Crippen molar-refractivity contribution in [3.8, 4) is 5.75 Å². The van der Waals surface area contributed by atoms with Gasteiger partial charge in [0, 0.05) is 25.2 Å². The van der Waals surface area contributed by atoms with Gasteiger partial charge in [-0.15, -0.1) is 0 Å². The van der Waals surface area contributed by atoms with Crippen molar-refractivity contribution in [2.45, 2.75) is 26.9 Å². The van der Waals surface area contributed by atoms with E-state index in [1.807, 2.05) is 24.3 Å². The topological polar surface area (TPSA) is 67.6 Å². The molecule has 0 saturated carbocycles. The Morgan fingerprint density at radius 1 is 1.15 bits per heavy atom. The molecule has 1 fully saturated rings. The molecule has 5 nitrogen and oxygen atoms in total. The fourth-order valence-corrected chi connectivity index (χ4v) is 3.08. The number of hydrogen-bond acceptors (Lipinski definition) is 4. The second kappa shape index (κ2) is 7.38. The molecule has 2 aromatic carbocycles. The molecule has 0 radical (unpaired) electrons. The van der Waals surface area contributed by atoms with E-state index in [9.17, 15) is 4.79 Å². The van der Waals surface area contributed by atoms with Gasteiger partial charge in [0.15, 0.2) is 0 Å². The van der Waals surface area contributed by atoms with Crippen molar-refractivity contribution in [1.29, 1.82) is 0 Å². The lowest BCUT2D eigenvalue weighted by Crippen LogP contribution is -2.55. The number of carbonyl (C=O) groups excluding carboxylic acids is 1. The zero-order chi connectivity index (χ0) is 18.7. The summed E-state index contributed by atoms with van der Waals surface area (Å²) in [6.45, 7) is 9.71. The molecule has 1 amide bonds. The van der Waals surface area contributed by atoms with Crippen molar-refractivity contribution in [2.24, 2.45) is 5.41 Å². The third-order valence-electron chi connectivity index (χ3n) is 4.25. The molecule has 5 heteroatoms. The fraction of sp³-hybridized carbons (Fsp3) is 0.381. The summed E-state index contributed by atoms with van der Waals surface area (Å²) in [4.78, 5) is 14.7. The van der Waals surface area contributed by atoms with Crippen LogP contribution in [0.2, 0.25) is 0 Å². The summed E-state index contributed by atoms with van der Waals surface area (Å²) in [6.07, 6.45) is 0.223. The maximum atomic E-state index is 12.3. The Morgan fingerprint density at radius 2 is 1.81 bits per heavy atom. The van der Waals surface area contributed by atoms with E-state index >= 15 is 0 Å². The van der Waals surface area contributed by atoms with Gasteiger partial charge in [0.25, 0.3) is 5.91 Å². The first kappa shape index (κ1) is 18.3. The first-order valence-corrected chi connectivity index (χ1v) is 8.95. The van der Waals surface area contributed by atoms with E-state index in [4.69, 9.17) is 10.5 Å². The molecule has 1 aliphatic heterocycles. The number of nitrogens with two attached hydrogens (primary N) is 1. The van der Waals surface area contributed by atoms with Crippen LogP contribution in [0, 0.1) is 5.41 Å². The highest BCUT2D eigenvalue weighted by atomic mass is 16.5. The van der Waals surface area contributed by atoms with E-state index in [2.05, 4.69) is 31.0 Å². The number of rotatable bonds is 5. The zero-order valence-corrected chi connectivity index (χ0v) is 15.7. The molecule has 0 aromatic heterocycles. The van der Waals surface area contributed by atoms with Crippen LogP contribution >= 0.6 is 0 Å². The number of nitrogen functional groups attached to an aromatic ring is 1. The van der Waals surface area contributed by atoms with Crippen LogP contribution in [0.15, 0.2) is 48.5 Å². The largest absolute Gasteiger partial charge is 0.488 e. The Labute approximate surface area is 155 Å². The molecule has 0 unspecified atom stereocenters. The summed E-state index contributed by atoms with van der Waals surface area (Å²) in [5.41, 5.74) is 7.90. The number of anilines is 2. The van der Waals surface area contributed by atoms with Gasteiger partial charge in [0.1, 0.15) is 11.9 Å². The molecule has 26 heavy (non-hydrogen) atoms. The predicted molar refractivity (Wildman–Crippen MR) is 106 cm³/mol. The van der Waals surface area contributed by atoms with Gasteiger partial charge in [-0.1, -0.05) is 32.9 Å². The van der Waals surface area contributed by atoms with Crippen LogP contribution in [0.3, 0.4) is 0 Å². The highest BCUT2D eigenvalue weighted by Crippen LogP contribution is 2.23. The molecule has 1 saturated heterocycles. The summed E-state index contributed by atoms with van der Waals surface area (Å²) in [5.74, 6) is 0.607. The highest BCUT2D eigenvalue weighted by molar-refractivity contribution is 6.05. The molecular weight excluding hydrogens is 326 g/mol. The van der Waals surface area contributed by atoms with Crippen LogP contribution in [-0.2, 0) is 0 Å². The molecule has 3 rings (SSSR count). The molecule has 138 valence electrons. The number of likely N-dealkylation sites (tertiary alicyclic amines) is 1. The quantitative estimate of drug-likeness (QED) is 0.806. The molecule has 0 bridgehead atoms. The van der Waals surface area contributed by atoms with Gasteiger partial charge in [0.05, 0.1) is 11.4 Å². The van der Waals surface area contributed by atoms with Crippen LogP contribution in [0.5, 0.6) is 5.75 Å². The Morgan fingerprint density at radius 3 is 2.42 bits per heavy atom. The maximum absolute atomic E-state index is 12.3. The Kier molecular flexibility index (Phi) is 5.18. The third kappa shape index (κ3) is 4.76. The lowest BCUT2D eigenvalue weighted by molar-refractivity contribution is 0.00108. The molecule has 1 aliphatic rings. The Bertz CT molecular complexity index is 760. The van der Waals surface area contributed by atoms with Crippen molar-refractivity contribution >= 4 is 17.3 Å². The normalized spacial score (nSPS) is 15.3. The SMILES string of the molecule is CC(C)(C)CN1CC(Oc2ccc(C(=O)Nc3ccccc3N)cc2)C1. The van der Waals surface area contributed by atoms with Crippen molar-refractivity contribution in [3.63, 3.8) is 0 Å². The van der Waals surface area contributed by atoms with Crippen molar-refractivity contribution in [3.05, 3.63) is 54.1 Å². The lowest BCUT2D eigenvalue weighted by Gasteiger charge is -2.42. The van der Waals surface area contributed by atoms with Crippen LogP contribution < -0.4 is 15.8 Å². The number of nitrogens with zero attached hydrogens (tertiary/aromatic N) is 1. The monoisotopic (exact) mass is 353 g/mol.